The number of thiophene rings is 2. The van der Waals surface area contributed by atoms with Crippen molar-refractivity contribution in [2.75, 3.05) is 6.54 Å². The van der Waals surface area contributed by atoms with Gasteiger partial charge in [-0.25, -0.2) is 0 Å². The number of aliphatic hydroxyl groups is 1. The molecule has 2 nitrogen and oxygen atoms in total. The summed E-state index contributed by atoms with van der Waals surface area (Å²) in [6, 6.07) is 6.72. The molecule has 0 bridgehead atoms. The second-order valence-electron chi connectivity index (χ2n) is 4.06. The predicted molar refractivity (Wildman–Crippen MR) is 75.6 cm³/mol. The lowest BCUT2D eigenvalue weighted by molar-refractivity contribution is -0.202. The van der Waals surface area contributed by atoms with Gasteiger partial charge in [0.05, 0.1) is 10.4 Å². The molecule has 2 atom stereocenters. The van der Waals surface area contributed by atoms with Gasteiger partial charge in [0.15, 0.2) is 6.10 Å². The molecule has 0 aliphatic rings. The fourth-order valence-electron chi connectivity index (χ4n) is 1.63. The Balaban J connectivity index is 2.13. The van der Waals surface area contributed by atoms with Crippen LogP contribution in [0.25, 0.3) is 0 Å². The van der Waals surface area contributed by atoms with Crippen LogP contribution in [0.4, 0.5) is 13.2 Å². The van der Waals surface area contributed by atoms with E-state index in [-0.39, 0.29) is 0 Å². The summed E-state index contributed by atoms with van der Waals surface area (Å²) in [6.07, 6.45) is -7.01. The molecule has 0 fully saturated rings. The minimum Gasteiger partial charge on any atom is -0.382 e. The molecule has 2 aromatic rings. The highest BCUT2D eigenvalue weighted by atomic mass is 35.5. The van der Waals surface area contributed by atoms with Crippen LogP contribution >= 0.6 is 34.3 Å². The van der Waals surface area contributed by atoms with Crippen molar-refractivity contribution in [2.24, 2.45) is 0 Å². The van der Waals surface area contributed by atoms with Crippen molar-refractivity contribution in [1.82, 2.24) is 5.32 Å². The van der Waals surface area contributed by atoms with Gasteiger partial charge in [0, 0.05) is 16.3 Å². The minimum absolute atomic E-state index is 0.399. The van der Waals surface area contributed by atoms with E-state index in [0.717, 1.165) is 9.75 Å². The Hall–Kier alpha value is -0.600. The minimum atomic E-state index is -4.62. The quantitative estimate of drug-likeness (QED) is 0.859. The van der Waals surface area contributed by atoms with Gasteiger partial charge in [-0.2, -0.15) is 13.2 Å². The maximum Gasteiger partial charge on any atom is 0.415 e. The molecule has 2 rings (SSSR count). The number of halogens is 4. The first kappa shape index (κ1) is 15.8. The lowest BCUT2D eigenvalue weighted by Crippen LogP contribution is -2.39. The van der Waals surface area contributed by atoms with Crippen molar-refractivity contribution in [2.45, 2.75) is 18.3 Å². The second kappa shape index (κ2) is 6.44. The highest BCUT2D eigenvalue weighted by Gasteiger charge is 2.38. The van der Waals surface area contributed by atoms with Crippen molar-refractivity contribution in [3.63, 3.8) is 0 Å². The smallest absolute Gasteiger partial charge is 0.382 e. The Bertz CT molecular complexity index is 541. The number of alkyl halides is 3. The summed E-state index contributed by atoms with van der Waals surface area (Å²) in [5.41, 5.74) is 0. The van der Waals surface area contributed by atoms with Crippen LogP contribution in [0.5, 0.6) is 0 Å². The molecule has 0 radical (unpaired) electrons. The SMILES string of the molecule is OC(CNC(c1cccs1)c1ccc(Cl)s1)C(F)(F)F. The highest BCUT2D eigenvalue weighted by molar-refractivity contribution is 7.16. The average molecular weight is 342 g/mol. The van der Waals surface area contributed by atoms with Crippen LogP contribution in [-0.4, -0.2) is 23.9 Å². The van der Waals surface area contributed by atoms with Gasteiger partial charge in [-0.3, -0.25) is 0 Å². The molecule has 2 aromatic heterocycles. The number of rotatable bonds is 5. The number of hydrogen-bond acceptors (Lipinski definition) is 4. The molecule has 0 aliphatic carbocycles. The Kier molecular flexibility index (Phi) is 5.09. The Morgan fingerprint density at radius 3 is 2.50 bits per heavy atom. The number of nitrogens with one attached hydrogen (secondary N) is 1. The van der Waals surface area contributed by atoms with Gasteiger partial charge < -0.3 is 10.4 Å². The van der Waals surface area contributed by atoms with Crippen LogP contribution in [0, 0.1) is 0 Å². The van der Waals surface area contributed by atoms with Gasteiger partial charge >= 0.3 is 6.18 Å². The molecule has 0 aromatic carbocycles. The van der Waals surface area contributed by atoms with E-state index in [1.165, 1.54) is 22.7 Å². The largest absolute Gasteiger partial charge is 0.415 e. The van der Waals surface area contributed by atoms with Gasteiger partial charge in [0.1, 0.15) is 0 Å². The van der Waals surface area contributed by atoms with Crippen LogP contribution in [0.3, 0.4) is 0 Å². The fraction of sp³-hybridized carbons (Fsp3) is 0.333. The Morgan fingerprint density at radius 1 is 1.25 bits per heavy atom. The fourth-order valence-corrected chi connectivity index (χ4v) is 3.67. The second-order valence-corrected chi connectivity index (χ2v) is 6.78. The van der Waals surface area contributed by atoms with Crippen LogP contribution < -0.4 is 5.32 Å². The molecule has 0 saturated carbocycles. The highest BCUT2D eigenvalue weighted by Crippen LogP contribution is 2.33. The monoisotopic (exact) mass is 341 g/mol. The maximum absolute atomic E-state index is 12.3. The van der Waals surface area contributed by atoms with E-state index >= 15 is 0 Å². The standard InChI is InChI=1S/C12H11ClF3NOS2/c13-10-4-3-8(20-10)11(7-2-1-5-19-7)17-6-9(18)12(14,15)16/h1-5,9,11,17-18H,6H2. The summed E-state index contributed by atoms with van der Waals surface area (Å²) >= 11 is 8.60. The summed E-state index contributed by atoms with van der Waals surface area (Å²) in [6.45, 7) is -0.568. The summed E-state index contributed by atoms with van der Waals surface area (Å²) in [5.74, 6) is 0. The maximum atomic E-state index is 12.3. The molecule has 2 N–H and O–H groups in total. The van der Waals surface area contributed by atoms with Crippen molar-refractivity contribution >= 4 is 34.3 Å². The molecule has 2 unspecified atom stereocenters. The normalized spacial score (nSPS) is 15.2. The lowest BCUT2D eigenvalue weighted by Gasteiger charge is -2.20. The number of hydrogen-bond donors (Lipinski definition) is 2. The van der Waals surface area contributed by atoms with Gasteiger partial charge in [-0.05, 0) is 23.6 Å². The van der Waals surface area contributed by atoms with Crippen LogP contribution in [0.1, 0.15) is 15.8 Å². The summed E-state index contributed by atoms with van der Waals surface area (Å²) in [4.78, 5) is 1.68. The van der Waals surface area contributed by atoms with Crippen molar-refractivity contribution in [3.05, 3.63) is 43.7 Å². The molecular formula is C12H11ClF3NOS2. The van der Waals surface area contributed by atoms with E-state index in [1.54, 1.807) is 12.1 Å². The van der Waals surface area contributed by atoms with Crippen LogP contribution in [0.15, 0.2) is 29.6 Å². The molecular weight excluding hydrogens is 331 g/mol. The third-order valence-corrected chi connectivity index (χ3v) is 4.83. The third kappa shape index (κ3) is 3.95. The molecule has 2 heterocycles. The zero-order valence-corrected chi connectivity index (χ0v) is 12.4. The Morgan fingerprint density at radius 2 is 2.00 bits per heavy atom. The molecule has 8 heteroatoms. The van der Waals surface area contributed by atoms with Crippen molar-refractivity contribution in [1.29, 1.82) is 0 Å². The van der Waals surface area contributed by atoms with Crippen LogP contribution in [0.2, 0.25) is 4.34 Å². The summed E-state index contributed by atoms with van der Waals surface area (Å²) in [5, 5.41) is 13.7. The molecule has 0 aliphatic heterocycles. The Labute approximate surface area is 126 Å². The van der Waals surface area contributed by atoms with Crippen LogP contribution in [-0.2, 0) is 0 Å². The van der Waals surface area contributed by atoms with Crippen molar-refractivity contribution in [3.8, 4) is 0 Å². The molecule has 20 heavy (non-hydrogen) atoms. The van der Waals surface area contributed by atoms with Crippen molar-refractivity contribution < 1.29 is 18.3 Å². The first-order valence-electron chi connectivity index (χ1n) is 5.64. The van der Waals surface area contributed by atoms with E-state index in [0.29, 0.717) is 4.34 Å². The summed E-state index contributed by atoms with van der Waals surface area (Å²) in [7, 11) is 0. The van der Waals surface area contributed by atoms with Gasteiger partial charge in [0.25, 0.3) is 0 Å². The third-order valence-electron chi connectivity index (χ3n) is 2.60. The van der Waals surface area contributed by atoms with Gasteiger partial charge in [-0.1, -0.05) is 17.7 Å². The van der Waals surface area contributed by atoms with E-state index < -0.39 is 24.9 Å². The first-order valence-corrected chi connectivity index (χ1v) is 7.72. The topological polar surface area (TPSA) is 32.3 Å². The van der Waals surface area contributed by atoms with Gasteiger partial charge in [0.2, 0.25) is 0 Å². The first-order chi connectivity index (χ1) is 9.38. The zero-order valence-electron chi connectivity index (χ0n) is 10.0. The summed E-state index contributed by atoms with van der Waals surface area (Å²) < 4.78 is 37.6. The predicted octanol–water partition coefficient (Wildman–Crippen LogP) is 4.07. The average Bonchev–Trinajstić information content (AvgIpc) is 3.00. The van der Waals surface area contributed by atoms with Gasteiger partial charge in [-0.15, -0.1) is 22.7 Å². The molecule has 0 amide bonds. The van der Waals surface area contributed by atoms with E-state index in [1.807, 2.05) is 17.5 Å². The molecule has 110 valence electrons. The van der Waals surface area contributed by atoms with E-state index in [2.05, 4.69) is 5.32 Å². The van der Waals surface area contributed by atoms with E-state index in [4.69, 9.17) is 16.7 Å². The zero-order chi connectivity index (χ0) is 14.8. The molecule has 0 spiro atoms. The van der Waals surface area contributed by atoms with E-state index in [9.17, 15) is 13.2 Å². The lowest BCUT2D eigenvalue weighted by atomic mass is 10.2. The molecule has 0 saturated heterocycles. The number of aliphatic hydroxyl groups excluding tert-OH is 1.